The summed E-state index contributed by atoms with van der Waals surface area (Å²) in [5.74, 6) is -3.19. The van der Waals surface area contributed by atoms with Crippen molar-refractivity contribution in [2.75, 3.05) is 19.5 Å². The molecule has 2 aromatic rings. The van der Waals surface area contributed by atoms with E-state index in [-0.39, 0.29) is 29.2 Å². The second-order valence-corrected chi connectivity index (χ2v) is 9.24. The average Bonchev–Trinajstić information content (AvgIpc) is 2.87. The number of hydrogen-bond donors (Lipinski definition) is 2. The number of nitro benzene ring substituents is 1. The summed E-state index contributed by atoms with van der Waals surface area (Å²) in [5.41, 5.74) is 2.36. The molecule has 0 aliphatic carbocycles. The van der Waals surface area contributed by atoms with Gasteiger partial charge in [0.05, 0.1) is 41.5 Å². The van der Waals surface area contributed by atoms with Crippen molar-refractivity contribution < 1.29 is 33.9 Å². The van der Waals surface area contributed by atoms with Crippen LogP contribution in [0.1, 0.15) is 30.9 Å². The lowest BCUT2D eigenvalue weighted by Crippen LogP contribution is -2.32. The SMILES string of the molecule is COC(=O)C1=C(C)NC(C)=C(C(=O)OCCc2ccc(SCC(=O)O)cc2)C1c1cccc([N+](=O)[O-])c1. The fourth-order valence-electron chi connectivity index (χ4n) is 4.03. The van der Waals surface area contributed by atoms with Crippen LogP contribution in [0.5, 0.6) is 0 Å². The monoisotopic (exact) mass is 526 g/mol. The van der Waals surface area contributed by atoms with Gasteiger partial charge in [-0.3, -0.25) is 14.9 Å². The van der Waals surface area contributed by atoms with Crippen molar-refractivity contribution >= 4 is 35.4 Å². The highest BCUT2D eigenvalue weighted by atomic mass is 32.2. The van der Waals surface area contributed by atoms with E-state index in [1.807, 2.05) is 12.1 Å². The van der Waals surface area contributed by atoms with E-state index in [1.165, 1.54) is 37.1 Å². The quantitative estimate of drug-likeness (QED) is 0.202. The highest BCUT2D eigenvalue weighted by Gasteiger charge is 2.38. The third-order valence-electron chi connectivity index (χ3n) is 5.71. The van der Waals surface area contributed by atoms with Crippen molar-refractivity contribution in [3.8, 4) is 0 Å². The average molecular weight is 527 g/mol. The molecule has 0 amide bonds. The first kappa shape index (κ1) is 27.5. The van der Waals surface area contributed by atoms with Crippen LogP contribution < -0.4 is 5.32 Å². The Morgan fingerprint density at radius 2 is 1.70 bits per heavy atom. The molecule has 1 unspecified atom stereocenters. The number of methoxy groups -OCH3 is 1. The second kappa shape index (κ2) is 12.2. The van der Waals surface area contributed by atoms with E-state index in [0.717, 1.165) is 10.5 Å². The van der Waals surface area contributed by atoms with Gasteiger partial charge < -0.3 is 19.9 Å². The number of carbonyl (C=O) groups excluding carboxylic acids is 2. The molecule has 10 nitrogen and oxygen atoms in total. The van der Waals surface area contributed by atoms with Crippen LogP contribution in [-0.2, 0) is 30.3 Å². The number of carboxylic acids is 1. The molecule has 2 N–H and O–H groups in total. The van der Waals surface area contributed by atoms with Crippen LogP contribution in [0, 0.1) is 10.1 Å². The van der Waals surface area contributed by atoms with Crippen molar-refractivity contribution in [3.63, 3.8) is 0 Å². The molecule has 0 saturated heterocycles. The Balaban J connectivity index is 1.82. The number of nitrogens with one attached hydrogen (secondary N) is 1. The lowest BCUT2D eigenvalue weighted by molar-refractivity contribution is -0.384. The summed E-state index contributed by atoms with van der Waals surface area (Å²) in [5, 5.41) is 23.2. The van der Waals surface area contributed by atoms with E-state index in [0.29, 0.717) is 23.4 Å². The number of aliphatic carboxylic acids is 1. The summed E-state index contributed by atoms with van der Waals surface area (Å²) >= 11 is 1.21. The summed E-state index contributed by atoms with van der Waals surface area (Å²) in [6, 6.07) is 13.0. The van der Waals surface area contributed by atoms with Crippen molar-refractivity contribution in [1.29, 1.82) is 0 Å². The number of nitrogens with zero attached hydrogens (tertiary/aromatic N) is 1. The molecule has 3 rings (SSSR count). The second-order valence-electron chi connectivity index (χ2n) is 8.19. The number of carbonyl (C=O) groups is 3. The predicted octanol–water partition coefficient (Wildman–Crippen LogP) is 3.97. The van der Waals surface area contributed by atoms with E-state index in [4.69, 9.17) is 14.6 Å². The highest BCUT2D eigenvalue weighted by molar-refractivity contribution is 8.00. The van der Waals surface area contributed by atoms with Crippen LogP contribution in [0.4, 0.5) is 5.69 Å². The number of esters is 2. The molecule has 0 radical (unpaired) electrons. The minimum atomic E-state index is -0.924. The minimum Gasteiger partial charge on any atom is -0.481 e. The number of dihydropyridines is 1. The summed E-state index contributed by atoms with van der Waals surface area (Å²) in [7, 11) is 1.22. The zero-order chi connectivity index (χ0) is 27.1. The molecule has 0 spiro atoms. The highest BCUT2D eigenvalue weighted by Crippen LogP contribution is 2.40. The molecule has 0 bridgehead atoms. The molecule has 1 heterocycles. The third-order valence-corrected chi connectivity index (χ3v) is 6.71. The largest absolute Gasteiger partial charge is 0.481 e. The van der Waals surface area contributed by atoms with Gasteiger partial charge in [0, 0.05) is 34.8 Å². The van der Waals surface area contributed by atoms with E-state index in [2.05, 4.69) is 5.32 Å². The Labute approximate surface area is 217 Å². The number of allylic oxidation sites excluding steroid dienone is 2. The molecule has 0 aromatic heterocycles. The number of thioether (sulfide) groups is 1. The number of non-ortho nitro benzene ring substituents is 1. The Hall–Kier alpha value is -4.12. The molecule has 194 valence electrons. The van der Waals surface area contributed by atoms with Gasteiger partial charge in [0.1, 0.15) is 0 Å². The minimum absolute atomic E-state index is 0.0350. The zero-order valence-electron chi connectivity index (χ0n) is 20.5. The number of ether oxygens (including phenoxy) is 2. The van der Waals surface area contributed by atoms with Crippen LogP contribution >= 0.6 is 11.8 Å². The third kappa shape index (κ3) is 6.76. The van der Waals surface area contributed by atoms with E-state index in [9.17, 15) is 24.5 Å². The summed E-state index contributed by atoms with van der Waals surface area (Å²) in [4.78, 5) is 48.3. The summed E-state index contributed by atoms with van der Waals surface area (Å²) in [6.45, 7) is 3.39. The molecule has 0 fully saturated rings. The van der Waals surface area contributed by atoms with Crippen molar-refractivity contribution in [3.05, 3.63) is 92.3 Å². The smallest absolute Gasteiger partial charge is 0.336 e. The lowest BCUT2D eigenvalue weighted by atomic mass is 9.80. The van der Waals surface area contributed by atoms with Crippen LogP contribution in [0.2, 0.25) is 0 Å². The number of carboxylic acid groups (broad SMARTS) is 1. The van der Waals surface area contributed by atoms with Gasteiger partial charge in [0.25, 0.3) is 5.69 Å². The predicted molar refractivity (Wildman–Crippen MR) is 136 cm³/mol. The maximum absolute atomic E-state index is 13.3. The summed E-state index contributed by atoms with van der Waals surface area (Å²) < 4.78 is 10.5. The molecule has 1 aliphatic rings. The van der Waals surface area contributed by atoms with Crippen molar-refractivity contribution in [2.45, 2.75) is 31.1 Å². The van der Waals surface area contributed by atoms with Gasteiger partial charge in [0.2, 0.25) is 0 Å². The molecule has 1 aliphatic heterocycles. The summed E-state index contributed by atoms with van der Waals surface area (Å²) in [6.07, 6.45) is 0.412. The van der Waals surface area contributed by atoms with Gasteiger partial charge in [-0.1, -0.05) is 24.3 Å². The van der Waals surface area contributed by atoms with Gasteiger partial charge in [-0.2, -0.15) is 0 Å². The van der Waals surface area contributed by atoms with E-state index >= 15 is 0 Å². The van der Waals surface area contributed by atoms with Gasteiger partial charge in [0.15, 0.2) is 0 Å². The topological polar surface area (TPSA) is 145 Å². The van der Waals surface area contributed by atoms with Gasteiger partial charge in [-0.25, -0.2) is 9.59 Å². The molecule has 2 aromatic carbocycles. The fourth-order valence-corrected chi connectivity index (χ4v) is 4.65. The van der Waals surface area contributed by atoms with Crippen LogP contribution in [0.15, 0.2) is 76.0 Å². The number of benzene rings is 2. The van der Waals surface area contributed by atoms with Crippen molar-refractivity contribution in [2.24, 2.45) is 0 Å². The van der Waals surface area contributed by atoms with Gasteiger partial charge in [-0.15, -0.1) is 11.8 Å². The maximum Gasteiger partial charge on any atom is 0.336 e. The maximum atomic E-state index is 13.3. The Kier molecular flexibility index (Phi) is 9.07. The first-order valence-electron chi connectivity index (χ1n) is 11.2. The molecular weight excluding hydrogens is 500 g/mol. The Bertz CT molecular complexity index is 1280. The number of hydrogen-bond acceptors (Lipinski definition) is 9. The Morgan fingerprint density at radius 1 is 1.05 bits per heavy atom. The van der Waals surface area contributed by atoms with E-state index in [1.54, 1.807) is 32.0 Å². The van der Waals surface area contributed by atoms with Crippen molar-refractivity contribution in [1.82, 2.24) is 5.32 Å². The fraction of sp³-hybridized carbons (Fsp3) is 0.269. The molecule has 1 atom stereocenters. The van der Waals surface area contributed by atoms with Crippen LogP contribution in [0.3, 0.4) is 0 Å². The first-order valence-corrected chi connectivity index (χ1v) is 12.2. The zero-order valence-corrected chi connectivity index (χ0v) is 21.3. The molecule has 37 heavy (non-hydrogen) atoms. The normalized spacial score (nSPS) is 15.2. The molecule has 0 saturated carbocycles. The number of nitro groups is 1. The molecule has 11 heteroatoms. The lowest BCUT2D eigenvalue weighted by Gasteiger charge is -2.30. The van der Waals surface area contributed by atoms with Crippen LogP contribution in [0.25, 0.3) is 0 Å². The van der Waals surface area contributed by atoms with Gasteiger partial charge >= 0.3 is 17.9 Å². The van der Waals surface area contributed by atoms with E-state index < -0.39 is 28.7 Å². The standard InChI is InChI=1S/C26H26N2O8S/c1-15-22(25(31)35-3)24(18-5-4-6-19(13-18)28(33)34)23(16(2)27-15)26(32)36-12-11-17-7-9-20(10-8-17)37-14-21(29)30/h4-10,13,24,27H,11-12,14H2,1-3H3,(H,29,30). The Morgan fingerprint density at radius 3 is 2.30 bits per heavy atom. The van der Waals surface area contributed by atoms with Crippen LogP contribution in [-0.4, -0.2) is 47.4 Å². The number of rotatable bonds is 10. The molecular formula is C26H26N2O8S. The first-order chi connectivity index (χ1) is 17.6. The van der Waals surface area contributed by atoms with Gasteiger partial charge in [-0.05, 0) is 37.1 Å².